The Morgan fingerprint density at radius 2 is 1.54 bits per heavy atom. The summed E-state index contributed by atoms with van der Waals surface area (Å²) in [5.41, 5.74) is 3.81. The maximum atomic E-state index is 12.2. The summed E-state index contributed by atoms with van der Waals surface area (Å²) in [6.07, 6.45) is -0.754. The van der Waals surface area contributed by atoms with Gasteiger partial charge in [-0.3, -0.25) is 0 Å². The van der Waals surface area contributed by atoms with Gasteiger partial charge in [0.25, 0.3) is 0 Å². The third-order valence-corrected chi connectivity index (χ3v) is 4.71. The molecule has 1 atom stereocenters. The van der Waals surface area contributed by atoms with Crippen LogP contribution in [0.5, 0.6) is 0 Å². The molecule has 136 valence electrons. The average molecular weight is 352 g/mol. The van der Waals surface area contributed by atoms with E-state index in [0.29, 0.717) is 0 Å². The molecule has 0 aliphatic heterocycles. The standard InChI is InChI=1S/C21H23NO4/c1-21(2,3)18(19(23)24)22-20(25)26-12-17-15-10-6-4-8-13(15)14-9-5-7-11-16(14)17/h4-11,17-18H,12H2,1-3H3,(H,22,25)(H,23,24)/p-1/t18-/m0/s1. The predicted octanol–water partition coefficient (Wildman–Crippen LogP) is 2.69. The molecule has 2 aromatic rings. The fourth-order valence-corrected chi connectivity index (χ4v) is 3.39. The number of carboxylic acid groups (broad SMARTS) is 1. The highest BCUT2D eigenvalue weighted by molar-refractivity contribution is 5.80. The van der Waals surface area contributed by atoms with Crippen LogP contribution in [0, 0.1) is 5.41 Å². The van der Waals surface area contributed by atoms with E-state index in [9.17, 15) is 14.7 Å². The molecule has 0 saturated carbocycles. The Balaban J connectivity index is 1.74. The van der Waals surface area contributed by atoms with E-state index in [2.05, 4.69) is 17.4 Å². The van der Waals surface area contributed by atoms with Crippen LogP contribution in [0.2, 0.25) is 0 Å². The topological polar surface area (TPSA) is 78.5 Å². The fraction of sp³-hybridized carbons (Fsp3) is 0.333. The largest absolute Gasteiger partial charge is 0.548 e. The number of carboxylic acids is 1. The molecule has 0 fully saturated rings. The van der Waals surface area contributed by atoms with E-state index in [4.69, 9.17) is 4.74 Å². The number of benzene rings is 2. The van der Waals surface area contributed by atoms with Gasteiger partial charge in [0, 0.05) is 5.92 Å². The van der Waals surface area contributed by atoms with Crippen molar-refractivity contribution < 1.29 is 19.4 Å². The number of fused-ring (bicyclic) bond motifs is 3. The van der Waals surface area contributed by atoms with E-state index in [0.717, 1.165) is 22.3 Å². The zero-order valence-corrected chi connectivity index (χ0v) is 15.1. The molecule has 0 saturated heterocycles. The maximum Gasteiger partial charge on any atom is 0.407 e. The third kappa shape index (κ3) is 3.43. The number of nitrogens with one attached hydrogen (secondary N) is 1. The van der Waals surface area contributed by atoms with Crippen LogP contribution in [0.4, 0.5) is 4.79 Å². The molecule has 0 radical (unpaired) electrons. The SMILES string of the molecule is CC(C)(C)[C@@H](NC(=O)OCC1c2ccccc2-c2ccccc21)C(=O)[O-]. The van der Waals surface area contributed by atoms with Gasteiger partial charge >= 0.3 is 6.09 Å². The number of aliphatic carboxylic acids is 1. The van der Waals surface area contributed by atoms with E-state index in [1.807, 2.05) is 36.4 Å². The minimum absolute atomic E-state index is 0.0656. The summed E-state index contributed by atoms with van der Waals surface area (Å²) < 4.78 is 5.37. The molecule has 0 spiro atoms. The summed E-state index contributed by atoms with van der Waals surface area (Å²) in [6.45, 7) is 5.30. The van der Waals surface area contributed by atoms with Gasteiger partial charge in [-0.15, -0.1) is 0 Å². The number of rotatable bonds is 4. The van der Waals surface area contributed by atoms with Crippen molar-refractivity contribution in [2.24, 2.45) is 5.41 Å². The summed E-state index contributed by atoms with van der Waals surface area (Å²) in [7, 11) is 0. The zero-order chi connectivity index (χ0) is 18.9. The first-order chi connectivity index (χ1) is 12.3. The molecule has 1 N–H and O–H groups in total. The van der Waals surface area contributed by atoms with Crippen LogP contribution in [0.1, 0.15) is 37.8 Å². The minimum Gasteiger partial charge on any atom is -0.548 e. The van der Waals surface area contributed by atoms with Crippen molar-refractivity contribution in [1.82, 2.24) is 5.32 Å². The fourth-order valence-electron chi connectivity index (χ4n) is 3.39. The smallest absolute Gasteiger partial charge is 0.407 e. The lowest BCUT2D eigenvalue weighted by molar-refractivity contribution is -0.310. The van der Waals surface area contributed by atoms with Crippen molar-refractivity contribution in [1.29, 1.82) is 0 Å². The molecule has 0 aromatic heterocycles. The minimum atomic E-state index is -1.33. The van der Waals surface area contributed by atoms with Crippen molar-refractivity contribution in [2.45, 2.75) is 32.7 Å². The Labute approximate surface area is 153 Å². The second-order valence-corrected chi connectivity index (χ2v) is 7.59. The van der Waals surface area contributed by atoms with Crippen LogP contribution in [-0.2, 0) is 9.53 Å². The van der Waals surface area contributed by atoms with Crippen LogP contribution >= 0.6 is 0 Å². The number of carbonyl (C=O) groups excluding carboxylic acids is 2. The second kappa shape index (κ2) is 6.83. The molecular formula is C21H22NO4-. The second-order valence-electron chi connectivity index (χ2n) is 7.59. The molecule has 0 heterocycles. The van der Waals surface area contributed by atoms with E-state index in [-0.39, 0.29) is 12.5 Å². The highest BCUT2D eigenvalue weighted by atomic mass is 16.5. The van der Waals surface area contributed by atoms with Gasteiger partial charge in [0.15, 0.2) is 0 Å². The van der Waals surface area contributed by atoms with Crippen LogP contribution in [0.3, 0.4) is 0 Å². The van der Waals surface area contributed by atoms with Gasteiger partial charge in [-0.25, -0.2) is 4.79 Å². The highest BCUT2D eigenvalue weighted by Gasteiger charge is 2.31. The zero-order valence-electron chi connectivity index (χ0n) is 15.1. The van der Waals surface area contributed by atoms with Crippen LogP contribution in [-0.4, -0.2) is 24.7 Å². The van der Waals surface area contributed by atoms with Crippen molar-refractivity contribution in [3.05, 3.63) is 59.7 Å². The van der Waals surface area contributed by atoms with E-state index in [1.54, 1.807) is 20.8 Å². The van der Waals surface area contributed by atoms with E-state index < -0.39 is 23.5 Å². The summed E-state index contributed by atoms with van der Waals surface area (Å²) in [4.78, 5) is 23.4. The number of amides is 1. The van der Waals surface area contributed by atoms with Crippen molar-refractivity contribution in [3.8, 4) is 11.1 Å². The number of hydrogen-bond acceptors (Lipinski definition) is 4. The Morgan fingerprint density at radius 1 is 1.04 bits per heavy atom. The monoisotopic (exact) mass is 352 g/mol. The van der Waals surface area contributed by atoms with Crippen molar-refractivity contribution >= 4 is 12.1 Å². The first kappa shape index (κ1) is 18.0. The number of hydrogen-bond donors (Lipinski definition) is 1. The molecular weight excluding hydrogens is 330 g/mol. The Kier molecular flexibility index (Phi) is 4.72. The lowest BCUT2D eigenvalue weighted by atomic mass is 9.87. The number of carbonyl (C=O) groups is 2. The van der Waals surface area contributed by atoms with Gasteiger partial charge in [0.1, 0.15) is 6.61 Å². The summed E-state index contributed by atoms with van der Waals surface area (Å²) in [6, 6.07) is 14.9. The van der Waals surface area contributed by atoms with Gasteiger partial charge in [0.2, 0.25) is 0 Å². The lowest BCUT2D eigenvalue weighted by Crippen LogP contribution is -2.54. The molecule has 1 amide bonds. The van der Waals surface area contributed by atoms with Gasteiger partial charge in [-0.05, 0) is 27.7 Å². The predicted molar refractivity (Wildman–Crippen MR) is 96.5 cm³/mol. The molecule has 0 bridgehead atoms. The van der Waals surface area contributed by atoms with Gasteiger partial charge in [-0.2, -0.15) is 0 Å². The van der Waals surface area contributed by atoms with Crippen molar-refractivity contribution in [2.75, 3.05) is 6.61 Å². The molecule has 3 rings (SSSR count). The quantitative estimate of drug-likeness (QED) is 0.918. The highest BCUT2D eigenvalue weighted by Crippen LogP contribution is 2.44. The Hall–Kier alpha value is -2.82. The lowest BCUT2D eigenvalue weighted by Gasteiger charge is -2.31. The molecule has 2 aromatic carbocycles. The van der Waals surface area contributed by atoms with E-state index in [1.165, 1.54) is 0 Å². The summed E-state index contributed by atoms with van der Waals surface area (Å²) in [5, 5.41) is 13.7. The molecule has 5 nitrogen and oxygen atoms in total. The maximum absolute atomic E-state index is 12.2. The van der Waals surface area contributed by atoms with Gasteiger partial charge < -0.3 is 20.0 Å². The summed E-state index contributed by atoms with van der Waals surface area (Å²) in [5.74, 6) is -1.39. The number of alkyl carbamates (subject to hydrolysis) is 1. The third-order valence-electron chi connectivity index (χ3n) is 4.71. The average Bonchev–Trinajstić information content (AvgIpc) is 2.91. The summed E-state index contributed by atoms with van der Waals surface area (Å²) >= 11 is 0. The van der Waals surface area contributed by atoms with Gasteiger partial charge in [-0.1, -0.05) is 69.3 Å². The van der Waals surface area contributed by atoms with Gasteiger partial charge in [0.05, 0.1) is 12.0 Å². The number of ether oxygens (including phenoxy) is 1. The van der Waals surface area contributed by atoms with Crippen LogP contribution in [0.25, 0.3) is 11.1 Å². The molecule has 1 aliphatic rings. The van der Waals surface area contributed by atoms with Crippen LogP contribution < -0.4 is 10.4 Å². The Bertz CT molecular complexity index is 792. The molecule has 26 heavy (non-hydrogen) atoms. The molecule has 1 aliphatic carbocycles. The first-order valence-corrected chi connectivity index (χ1v) is 8.61. The van der Waals surface area contributed by atoms with E-state index >= 15 is 0 Å². The molecule has 5 heteroatoms. The normalized spacial score (nSPS) is 14.3. The van der Waals surface area contributed by atoms with Crippen molar-refractivity contribution in [3.63, 3.8) is 0 Å². The molecule has 0 unspecified atom stereocenters. The first-order valence-electron chi connectivity index (χ1n) is 8.61. The Morgan fingerprint density at radius 3 is 2.00 bits per heavy atom. The van der Waals surface area contributed by atoms with Crippen LogP contribution in [0.15, 0.2) is 48.5 Å².